The maximum atomic E-state index is 6.34. The Hall–Kier alpha value is -0.280. The molecule has 1 aromatic carbocycles. The molecule has 0 aliphatic heterocycles. The molecule has 19 heavy (non-hydrogen) atoms. The molecule has 0 spiro atoms. The van der Waals surface area contributed by atoms with Gasteiger partial charge >= 0.3 is 0 Å². The van der Waals surface area contributed by atoms with Crippen molar-refractivity contribution in [3.8, 4) is 0 Å². The van der Waals surface area contributed by atoms with Gasteiger partial charge in [-0.25, -0.2) is 0 Å². The zero-order valence-corrected chi connectivity index (χ0v) is 12.9. The third-order valence-electron chi connectivity index (χ3n) is 4.12. The van der Waals surface area contributed by atoms with Crippen LogP contribution in [0.3, 0.4) is 0 Å². The lowest BCUT2D eigenvalue weighted by Crippen LogP contribution is -2.40. The van der Waals surface area contributed by atoms with Gasteiger partial charge in [-0.05, 0) is 31.5 Å². The molecule has 0 aromatic heterocycles. The van der Waals surface area contributed by atoms with E-state index >= 15 is 0 Å². The monoisotopic (exact) mass is 300 g/mol. The number of hydrogen-bond donors (Lipinski definition) is 1. The Morgan fingerprint density at radius 2 is 1.84 bits per heavy atom. The highest BCUT2D eigenvalue weighted by atomic mass is 35.5. The van der Waals surface area contributed by atoms with Crippen LogP contribution in [0.4, 0.5) is 0 Å². The smallest absolute Gasteiger partial charge is 0.0502 e. The van der Waals surface area contributed by atoms with Crippen molar-refractivity contribution in [2.75, 3.05) is 13.1 Å². The zero-order valence-electron chi connectivity index (χ0n) is 11.4. The predicted octanol–water partition coefficient (Wildman–Crippen LogP) is 4.26. The zero-order chi connectivity index (χ0) is 13.8. The maximum Gasteiger partial charge on any atom is 0.0502 e. The standard InChI is InChI=1S/C15H22Cl2N2/c1-2-19(11-6-3-4-7-11)14(10-18)15-12(16)8-5-9-13(15)17/h5,8-9,11,14H,2-4,6-7,10,18H2,1H3. The van der Waals surface area contributed by atoms with Crippen LogP contribution in [0.5, 0.6) is 0 Å². The molecule has 1 unspecified atom stereocenters. The molecule has 106 valence electrons. The maximum absolute atomic E-state index is 6.34. The first-order chi connectivity index (χ1) is 9.19. The molecule has 0 saturated heterocycles. The van der Waals surface area contributed by atoms with Crippen LogP contribution >= 0.6 is 23.2 Å². The molecule has 1 atom stereocenters. The Morgan fingerprint density at radius 3 is 2.32 bits per heavy atom. The molecule has 2 N–H and O–H groups in total. The SMILES string of the molecule is CCN(C1CCCC1)C(CN)c1c(Cl)cccc1Cl. The first-order valence-electron chi connectivity index (χ1n) is 7.08. The second kappa shape index (κ2) is 6.94. The Labute approximate surface area is 125 Å². The fourth-order valence-corrected chi connectivity index (χ4v) is 3.87. The van der Waals surface area contributed by atoms with E-state index < -0.39 is 0 Å². The topological polar surface area (TPSA) is 29.3 Å². The summed E-state index contributed by atoms with van der Waals surface area (Å²) in [6.45, 7) is 3.72. The summed E-state index contributed by atoms with van der Waals surface area (Å²) < 4.78 is 0. The van der Waals surface area contributed by atoms with Gasteiger partial charge in [0.1, 0.15) is 0 Å². The van der Waals surface area contributed by atoms with Gasteiger partial charge < -0.3 is 5.73 Å². The largest absolute Gasteiger partial charge is 0.329 e. The van der Waals surface area contributed by atoms with Gasteiger partial charge in [-0.2, -0.15) is 0 Å². The Kier molecular flexibility index (Phi) is 5.52. The van der Waals surface area contributed by atoms with E-state index in [0.29, 0.717) is 12.6 Å². The molecule has 0 amide bonds. The minimum absolute atomic E-state index is 0.120. The number of benzene rings is 1. The normalized spacial score (nSPS) is 18.2. The molecule has 1 aliphatic carbocycles. The molecule has 0 radical (unpaired) electrons. The van der Waals surface area contributed by atoms with Crippen LogP contribution in [0.1, 0.15) is 44.2 Å². The number of halogens is 2. The first-order valence-corrected chi connectivity index (χ1v) is 7.84. The molecular weight excluding hydrogens is 279 g/mol. The molecule has 1 aromatic rings. The Morgan fingerprint density at radius 1 is 1.26 bits per heavy atom. The van der Waals surface area contributed by atoms with E-state index in [-0.39, 0.29) is 6.04 Å². The number of rotatable bonds is 5. The van der Waals surface area contributed by atoms with Crippen LogP contribution in [0.2, 0.25) is 10.0 Å². The van der Waals surface area contributed by atoms with Crippen LogP contribution in [0.25, 0.3) is 0 Å². The minimum atomic E-state index is 0.120. The first kappa shape index (κ1) is 15.1. The average molecular weight is 301 g/mol. The van der Waals surface area contributed by atoms with E-state index in [9.17, 15) is 0 Å². The fraction of sp³-hybridized carbons (Fsp3) is 0.600. The van der Waals surface area contributed by atoms with Gasteiger partial charge in [0.15, 0.2) is 0 Å². The summed E-state index contributed by atoms with van der Waals surface area (Å²) in [6, 6.07) is 6.41. The van der Waals surface area contributed by atoms with E-state index in [4.69, 9.17) is 28.9 Å². The van der Waals surface area contributed by atoms with Gasteiger partial charge in [-0.3, -0.25) is 4.90 Å². The highest BCUT2D eigenvalue weighted by Gasteiger charge is 2.29. The van der Waals surface area contributed by atoms with Crippen LogP contribution in [0, 0.1) is 0 Å². The Bertz CT molecular complexity index is 396. The molecule has 1 fully saturated rings. The average Bonchev–Trinajstić information content (AvgIpc) is 2.91. The van der Waals surface area contributed by atoms with Crippen molar-refractivity contribution in [1.29, 1.82) is 0 Å². The van der Waals surface area contributed by atoms with Crippen molar-refractivity contribution in [2.45, 2.75) is 44.7 Å². The molecule has 2 nitrogen and oxygen atoms in total. The van der Waals surface area contributed by atoms with E-state index in [1.807, 2.05) is 18.2 Å². The lowest BCUT2D eigenvalue weighted by molar-refractivity contribution is 0.147. The summed E-state index contributed by atoms with van der Waals surface area (Å²) in [5.74, 6) is 0. The summed E-state index contributed by atoms with van der Waals surface area (Å²) >= 11 is 12.7. The molecule has 2 rings (SSSR count). The predicted molar refractivity (Wildman–Crippen MR) is 82.9 cm³/mol. The van der Waals surface area contributed by atoms with Crippen molar-refractivity contribution >= 4 is 23.2 Å². The van der Waals surface area contributed by atoms with E-state index in [1.165, 1.54) is 25.7 Å². The Balaban J connectivity index is 2.31. The molecule has 1 saturated carbocycles. The van der Waals surface area contributed by atoms with Gasteiger partial charge in [0, 0.05) is 28.2 Å². The van der Waals surface area contributed by atoms with Crippen molar-refractivity contribution in [3.05, 3.63) is 33.8 Å². The van der Waals surface area contributed by atoms with Gasteiger partial charge in [0.2, 0.25) is 0 Å². The van der Waals surface area contributed by atoms with Gasteiger partial charge in [0.25, 0.3) is 0 Å². The molecule has 0 heterocycles. The molecule has 4 heteroatoms. The van der Waals surface area contributed by atoms with Crippen molar-refractivity contribution in [2.24, 2.45) is 5.73 Å². The third kappa shape index (κ3) is 3.25. The van der Waals surface area contributed by atoms with E-state index in [2.05, 4.69) is 11.8 Å². The van der Waals surface area contributed by atoms with Crippen LogP contribution < -0.4 is 5.73 Å². The summed E-state index contributed by atoms with van der Waals surface area (Å²) in [6.07, 6.45) is 5.14. The van der Waals surface area contributed by atoms with Crippen molar-refractivity contribution < 1.29 is 0 Å². The lowest BCUT2D eigenvalue weighted by Gasteiger charge is -2.36. The van der Waals surface area contributed by atoms with Gasteiger partial charge in [-0.15, -0.1) is 0 Å². The van der Waals surface area contributed by atoms with Crippen molar-refractivity contribution in [1.82, 2.24) is 4.90 Å². The van der Waals surface area contributed by atoms with Crippen LogP contribution in [0.15, 0.2) is 18.2 Å². The highest BCUT2D eigenvalue weighted by Crippen LogP contribution is 2.36. The number of likely N-dealkylation sites (N-methyl/N-ethyl adjacent to an activating group) is 1. The van der Waals surface area contributed by atoms with E-state index in [0.717, 1.165) is 22.2 Å². The number of nitrogens with two attached hydrogens (primary N) is 1. The van der Waals surface area contributed by atoms with Gasteiger partial charge in [0.05, 0.1) is 6.04 Å². The number of hydrogen-bond acceptors (Lipinski definition) is 2. The highest BCUT2D eigenvalue weighted by molar-refractivity contribution is 6.36. The fourth-order valence-electron chi connectivity index (χ4n) is 3.22. The summed E-state index contributed by atoms with van der Waals surface area (Å²) in [5.41, 5.74) is 7.02. The minimum Gasteiger partial charge on any atom is -0.329 e. The molecule has 1 aliphatic rings. The summed E-state index contributed by atoms with van der Waals surface area (Å²) in [7, 11) is 0. The second-order valence-corrected chi connectivity index (χ2v) is 5.97. The quantitative estimate of drug-likeness (QED) is 0.880. The molecular formula is C15H22Cl2N2. The van der Waals surface area contributed by atoms with Crippen molar-refractivity contribution in [3.63, 3.8) is 0 Å². The third-order valence-corrected chi connectivity index (χ3v) is 4.77. The summed E-state index contributed by atoms with van der Waals surface area (Å²) in [4.78, 5) is 2.47. The lowest BCUT2D eigenvalue weighted by atomic mass is 10.0. The van der Waals surface area contributed by atoms with E-state index in [1.54, 1.807) is 0 Å². The van der Waals surface area contributed by atoms with Gasteiger partial charge in [-0.1, -0.05) is 49.0 Å². The number of nitrogens with zero attached hydrogens (tertiary/aromatic N) is 1. The van der Waals surface area contributed by atoms with Crippen LogP contribution in [-0.4, -0.2) is 24.0 Å². The second-order valence-electron chi connectivity index (χ2n) is 5.16. The molecule has 0 bridgehead atoms. The summed E-state index contributed by atoms with van der Waals surface area (Å²) in [5, 5.41) is 1.44. The van der Waals surface area contributed by atoms with Crippen LogP contribution in [-0.2, 0) is 0 Å².